The lowest BCUT2D eigenvalue weighted by atomic mass is 10.0. The number of benzene rings is 4. The number of aromatic nitrogens is 2. The molecule has 0 unspecified atom stereocenters. The minimum atomic E-state index is 1.08. The molecule has 0 spiro atoms. The molecular formula is C27H19N3. The number of hydrogen-bond acceptors (Lipinski definition) is 2. The second-order valence-corrected chi connectivity index (χ2v) is 8.34. The van der Waals surface area contributed by atoms with Crippen LogP contribution in [0.1, 0.15) is 0 Å². The molecule has 0 aliphatic heterocycles. The first kappa shape index (κ1) is 16.0. The van der Waals surface area contributed by atoms with Gasteiger partial charge in [0.05, 0.1) is 27.8 Å². The molecule has 0 radical (unpaired) electrons. The van der Waals surface area contributed by atoms with E-state index in [0.717, 1.165) is 5.52 Å². The normalized spacial score (nSPS) is 12.3. The van der Waals surface area contributed by atoms with E-state index in [4.69, 9.17) is 4.98 Å². The van der Waals surface area contributed by atoms with Crippen LogP contribution >= 0.6 is 0 Å². The number of fused-ring (bicyclic) bond motifs is 7. The third-order valence-corrected chi connectivity index (χ3v) is 6.50. The largest absolute Gasteiger partial charge is 0.376 e. The number of nitrogens with zero attached hydrogens (tertiary/aromatic N) is 3. The Labute approximate surface area is 173 Å². The summed E-state index contributed by atoms with van der Waals surface area (Å²) in [5, 5.41) is 8.75. The second-order valence-electron chi connectivity index (χ2n) is 8.34. The summed E-state index contributed by atoms with van der Waals surface area (Å²) in [7, 11) is 4.24. The standard InChI is InChI=1S/C27H19N3/c1-29(2)22-9-5-8-19-20-11-10-16-12-13-28-25-21-14-17-6-3-4-7-18(17)15-23(21)30(26(19)22)27(20)24(16)25/h3-15H,1-2H3. The van der Waals surface area contributed by atoms with Gasteiger partial charge >= 0.3 is 0 Å². The fourth-order valence-electron chi connectivity index (χ4n) is 5.21. The van der Waals surface area contributed by atoms with E-state index in [-0.39, 0.29) is 0 Å². The molecule has 0 saturated heterocycles. The van der Waals surface area contributed by atoms with Crippen LogP contribution in [0.15, 0.2) is 79.0 Å². The molecular weight excluding hydrogens is 366 g/mol. The Morgan fingerprint density at radius 1 is 0.700 bits per heavy atom. The molecule has 30 heavy (non-hydrogen) atoms. The first-order valence-corrected chi connectivity index (χ1v) is 10.3. The number of para-hydroxylation sites is 1. The van der Waals surface area contributed by atoms with Gasteiger partial charge in [-0.1, -0.05) is 48.5 Å². The van der Waals surface area contributed by atoms with Gasteiger partial charge in [-0.2, -0.15) is 0 Å². The van der Waals surface area contributed by atoms with Gasteiger partial charge in [0.15, 0.2) is 0 Å². The third-order valence-electron chi connectivity index (χ3n) is 6.50. The average Bonchev–Trinajstić information content (AvgIpc) is 3.12. The fraction of sp³-hybridized carbons (Fsp3) is 0.0741. The topological polar surface area (TPSA) is 20.5 Å². The zero-order valence-corrected chi connectivity index (χ0v) is 16.8. The predicted octanol–water partition coefficient (Wildman–Crippen LogP) is 6.60. The molecule has 3 aromatic heterocycles. The zero-order chi connectivity index (χ0) is 20.0. The molecule has 7 rings (SSSR count). The van der Waals surface area contributed by atoms with E-state index in [0.29, 0.717) is 0 Å². The highest BCUT2D eigenvalue weighted by Gasteiger charge is 2.21. The van der Waals surface area contributed by atoms with Gasteiger partial charge in [0.2, 0.25) is 0 Å². The molecule has 7 aromatic rings. The summed E-state index contributed by atoms with van der Waals surface area (Å²) in [5.74, 6) is 0. The Balaban J connectivity index is 1.93. The van der Waals surface area contributed by atoms with Crippen LogP contribution in [0.4, 0.5) is 5.69 Å². The van der Waals surface area contributed by atoms with Crippen LogP contribution in [0, 0.1) is 0 Å². The van der Waals surface area contributed by atoms with Crippen molar-refractivity contribution in [1.29, 1.82) is 0 Å². The second kappa shape index (κ2) is 5.39. The van der Waals surface area contributed by atoms with Gasteiger partial charge in [-0.15, -0.1) is 0 Å². The van der Waals surface area contributed by atoms with Gasteiger partial charge in [-0.05, 0) is 40.4 Å². The summed E-state index contributed by atoms with van der Waals surface area (Å²) < 4.78 is 2.47. The third kappa shape index (κ3) is 1.83. The molecule has 0 atom stereocenters. The Kier molecular flexibility index (Phi) is 2.88. The van der Waals surface area contributed by atoms with Crippen molar-refractivity contribution in [2.75, 3.05) is 19.0 Å². The zero-order valence-electron chi connectivity index (χ0n) is 16.8. The van der Waals surface area contributed by atoms with E-state index in [9.17, 15) is 0 Å². The first-order chi connectivity index (χ1) is 14.7. The van der Waals surface area contributed by atoms with Gasteiger partial charge in [0.1, 0.15) is 0 Å². The van der Waals surface area contributed by atoms with Crippen molar-refractivity contribution >= 4 is 65.5 Å². The van der Waals surface area contributed by atoms with Gasteiger partial charge in [-0.25, -0.2) is 0 Å². The van der Waals surface area contributed by atoms with Crippen molar-refractivity contribution in [2.45, 2.75) is 0 Å². The molecule has 4 aromatic carbocycles. The van der Waals surface area contributed by atoms with E-state index in [1.165, 1.54) is 59.9 Å². The molecule has 0 amide bonds. The average molecular weight is 385 g/mol. The maximum Gasteiger partial charge on any atom is 0.0822 e. The molecule has 0 aliphatic carbocycles. The Morgan fingerprint density at radius 3 is 2.33 bits per heavy atom. The number of rotatable bonds is 1. The van der Waals surface area contributed by atoms with Gasteiger partial charge in [-0.3, -0.25) is 4.98 Å². The van der Waals surface area contributed by atoms with Crippen LogP contribution in [0.25, 0.3) is 59.8 Å². The van der Waals surface area contributed by atoms with Crippen molar-refractivity contribution in [2.24, 2.45) is 0 Å². The molecule has 0 fully saturated rings. The fourth-order valence-corrected chi connectivity index (χ4v) is 5.21. The minimum Gasteiger partial charge on any atom is -0.376 e. The lowest BCUT2D eigenvalue weighted by molar-refractivity contribution is 1.13. The van der Waals surface area contributed by atoms with Gasteiger partial charge in [0.25, 0.3) is 0 Å². The van der Waals surface area contributed by atoms with Gasteiger partial charge < -0.3 is 9.30 Å². The monoisotopic (exact) mass is 385 g/mol. The van der Waals surface area contributed by atoms with Crippen molar-refractivity contribution in [3.8, 4) is 0 Å². The molecule has 0 aliphatic rings. The van der Waals surface area contributed by atoms with Crippen molar-refractivity contribution < 1.29 is 0 Å². The summed E-state index contributed by atoms with van der Waals surface area (Å²) in [6.45, 7) is 0. The predicted molar refractivity (Wildman–Crippen MR) is 128 cm³/mol. The summed E-state index contributed by atoms with van der Waals surface area (Å²) in [5.41, 5.74) is 6.05. The van der Waals surface area contributed by atoms with Crippen LogP contribution in [0.3, 0.4) is 0 Å². The lowest BCUT2D eigenvalue weighted by Crippen LogP contribution is -2.09. The summed E-state index contributed by atoms with van der Waals surface area (Å²) in [4.78, 5) is 7.08. The van der Waals surface area contributed by atoms with E-state index in [2.05, 4.69) is 96.2 Å². The molecule has 142 valence electrons. The van der Waals surface area contributed by atoms with Crippen molar-refractivity contribution in [3.63, 3.8) is 0 Å². The first-order valence-electron chi connectivity index (χ1n) is 10.3. The van der Waals surface area contributed by atoms with E-state index >= 15 is 0 Å². The molecule has 0 bridgehead atoms. The quantitative estimate of drug-likeness (QED) is 0.234. The Morgan fingerprint density at radius 2 is 1.50 bits per heavy atom. The van der Waals surface area contributed by atoms with E-state index < -0.39 is 0 Å². The highest BCUT2D eigenvalue weighted by molar-refractivity contribution is 6.29. The van der Waals surface area contributed by atoms with E-state index in [1.54, 1.807) is 0 Å². The van der Waals surface area contributed by atoms with Crippen molar-refractivity contribution in [3.05, 3.63) is 79.0 Å². The Bertz CT molecular complexity index is 1770. The minimum absolute atomic E-state index is 1.08. The summed E-state index contributed by atoms with van der Waals surface area (Å²) in [6.07, 6.45) is 1.94. The summed E-state index contributed by atoms with van der Waals surface area (Å²) >= 11 is 0. The maximum atomic E-state index is 4.87. The molecule has 0 N–H and O–H groups in total. The highest BCUT2D eigenvalue weighted by atomic mass is 15.1. The maximum absolute atomic E-state index is 4.87. The smallest absolute Gasteiger partial charge is 0.0822 e. The highest BCUT2D eigenvalue weighted by Crippen LogP contribution is 2.43. The van der Waals surface area contributed by atoms with Crippen LogP contribution in [0.2, 0.25) is 0 Å². The number of anilines is 1. The van der Waals surface area contributed by atoms with E-state index in [1.807, 2.05) is 6.20 Å². The molecule has 3 heteroatoms. The van der Waals surface area contributed by atoms with Crippen LogP contribution in [-0.2, 0) is 0 Å². The SMILES string of the molecule is CN(C)c1cccc2c3ccc4ccnc5c6cc7ccccc7cc6n(c12)c3c45. The van der Waals surface area contributed by atoms with Crippen LogP contribution in [0.5, 0.6) is 0 Å². The van der Waals surface area contributed by atoms with Crippen LogP contribution in [-0.4, -0.2) is 23.5 Å². The number of hydrogen-bond donors (Lipinski definition) is 0. The van der Waals surface area contributed by atoms with Crippen LogP contribution < -0.4 is 4.90 Å². The number of pyridine rings is 2. The lowest BCUT2D eigenvalue weighted by Gasteiger charge is -2.17. The van der Waals surface area contributed by atoms with Crippen molar-refractivity contribution in [1.82, 2.24) is 9.38 Å². The molecule has 3 heterocycles. The Hall–Kier alpha value is -3.85. The van der Waals surface area contributed by atoms with Gasteiger partial charge in [0, 0.05) is 41.8 Å². The molecule has 0 saturated carbocycles. The molecule has 3 nitrogen and oxygen atoms in total. The summed E-state index contributed by atoms with van der Waals surface area (Å²) in [6, 6.07) is 26.5.